The molecule has 0 aliphatic carbocycles. The van der Waals surface area contributed by atoms with Gasteiger partial charge >= 0.3 is 19.8 Å². The van der Waals surface area contributed by atoms with Gasteiger partial charge in [0.2, 0.25) is 0 Å². The predicted octanol–water partition coefficient (Wildman–Crippen LogP) is 13.2. The van der Waals surface area contributed by atoms with Crippen molar-refractivity contribution in [3.8, 4) is 0 Å². The standard InChI is InChI=1S/C50H88NO10P/c1-8-10-25-31-44-38-41(3)46(59-44)32-26-21-17-13-11-12-14-19-23-28-34-49(52)56-39-45(40-58-62(54,55)57-37-36-51(6)7)60-50(53)35-29-24-20-16-15-18-22-27-33-48-43(5)42(4)47(61-48)30-9-2/h38,45H,8-37,39-40H2,1-7H3,(H,54,55)/t45-/m1/s1. The van der Waals surface area contributed by atoms with Crippen molar-refractivity contribution in [3.63, 3.8) is 0 Å². The number of phosphoric acid groups is 1. The van der Waals surface area contributed by atoms with E-state index in [4.69, 9.17) is 27.4 Å². The number of carbonyl (C=O) groups excluding carboxylic acids is 2. The van der Waals surface area contributed by atoms with Crippen molar-refractivity contribution in [2.45, 2.75) is 221 Å². The quantitative estimate of drug-likeness (QED) is 0.0389. The Labute approximate surface area is 376 Å². The molecule has 0 aliphatic heterocycles. The minimum Gasteiger partial charge on any atom is -0.466 e. The molecule has 2 heterocycles. The topological polar surface area (TPSA) is 138 Å². The van der Waals surface area contributed by atoms with Crippen LogP contribution in [0.1, 0.15) is 208 Å². The molecule has 0 fully saturated rings. The summed E-state index contributed by atoms with van der Waals surface area (Å²) in [5.41, 5.74) is 3.93. The zero-order chi connectivity index (χ0) is 45.4. The van der Waals surface area contributed by atoms with Crippen molar-refractivity contribution in [1.82, 2.24) is 4.90 Å². The third-order valence-corrected chi connectivity index (χ3v) is 12.7. The average molecular weight is 894 g/mol. The molecule has 0 amide bonds. The number of phosphoric ester groups is 1. The Kier molecular flexibility index (Phi) is 30.5. The molecule has 62 heavy (non-hydrogen) atoms. The van der Waals surface area contributed by atoms with Gasteiger partial charge in [0, 0.05) is 45.1 Å². The number of hydrogen-bond donors (Lipinski definition) is 1. The first-order valence-electron chi connectivity index (χ1n) is 24.6. The molecule has 0 aliphatic rings. The van der Waals surface area contributed by atoms with Crippen molar-refractivity contribution in [2.24, 2.45) is 0 Å². The Hall–Kier alpha value is -2.43. The highest BCUT2D eigenvalue weighted by Crippen LogP contribution is 2.43. The molecule has 0 bridgehead atoms. The number of esters is 2. The van der Waals surface area contributed by atoms with E-state index >= 15 is 0 Å². The van der Waals surface area contributed by atoms with Gasteiger partial charge < -0.3 is 28.1 Å². The number of carbonyl (C=O) groups is 2. The Balaban J connectivity index is 1.58. The summed E-state index contributed by atoms with van der Waals surface area (Å²) in [6.07, 6.45) is 28.0. The molecule has 2 aromatic heterocycles. The second-order valence-corrected chi connectivity index (χ2v) is 19.2. The largest absolute Gasteiger partial charge is 0.472 e. The minimum absolute atomic E-state index is 0.00262. The highest BCUT2D eigenvalue weighted by molar-refractivity contribution is 7.47. The smallest absolute Gasteiger partial charge is 0.466 e. The van der Waals surface area contributed by atoms with Crippen molar-refractivity contribution in [2.75, 3.05) is 40.5 Å². The Morgan fingerprint density at radius 3 is 1.66 bits per heavy atom. The van der Waals surface area contributed by atoms with Gasteiger partial charge in [-0.3, -0.25) is 18.6 Å². The summed E-state index contributed by atoms with van der Waals surface area (Å²) >= 11 is 0. The molecule has 1 unspecified atom stereocenters. The summed E-state index contributed by atoms with van der Waals surface area (Å²) in [7, 11) is -0.739. The molecule has 0 spiro atoms. The third kappa shape index (κ3) is 26.4. The van der Waals surface area contributed by atoms with E-state index in [9.17, 15) is 19.0 Å². The number of unbranched alkanes of at least 4 members (excludes halogenated alkanes) is 18. The van der Waals surface area contributed by atoms with Crippen LogP contribution in [-0.2, 0) is 58.4 Å². The van der Waals surface area contributed by atoms with Gasteiger partial charge in [-0.2, -0.15) is 0 Å². The van der Waals surface area contributed by atoms with Crippen LogP contribution < -0.4 is 0 Å². The summed E-state index contributed by atoms with van der Waals surface area (Å²) in [5, 5.41) is 0. The number of furan rings is 2. The lowest BCUT2D eigenvalue weighted by molar-refractivity contribution is -0.161. The van der Waals surface area contributed by atoms with Gasteiger partial charge in [0.05, 0.1) is 13.2 Å². The van der Waals surface area contributed by atoms with Crippen molar-refractivity contribution in [3.05, 3.63) is 45.8 Å². The van der Waals surface area contributed by atoms with Gasteiger partial charge in [0.15, 0.2) is 6.10 Å². The molecule has 358 valence electrons. The third-order valence-electron chi connectivity index (χ3n) is 11.7. The second kappa shape index (κ2) is 34.0. The number of hydrogen-bond acceptors (Lipinski definition) is 10. The van der Waals surface area contributed by atoms with Crippen LogP contribution in [0, 0.1) is 20.8 Å². The monoisotopic (exact) mass is 894 g/mol. The fraction of sp³-hybridized carbons (Fsp3) is 0.800. The fourth-order valence-electron chi connectivity index (χ4n) is 7.69. The number of aryl methyl sites for hydroxylation is 5. The molecule has 0 aromatic carbocycles. The zero-order valence-electron chi connectivity index (χ0n) is 40.3. The van der Waals surface area contributed by atoms with E-state index in [1.807, 2.05) is 19.0 Å². The van der Waals surface area contributed by atoms with Crippen LogP contribution in [0.15, 0.2) is 14.9 Å². The van der Waals surface area contributed by atoms with Crippen molar-refractivity contribution < 1.29 is 46.4 Å². The average Bonchev–Trinajstić information content (AvgIpc) is 3.72. The predicted molar refractivity (Wildman–Crippen MR) is 250 cm³/mol. The maximum absolute atomic E-state index is 12.8. The molecule has 2 aromatic rings. The Bertz CT molecular complexity index is 1520. The molecule has 11 nitrogen and oxygen atoms in total. The lowest BCUT2D eigenvalue weighted by Gasteiger charge is -2.20. The normalized spacial score (nSPS) is 13.2. The van der Waals surface area contributed by atoms with Gasteiger partial charge in [-0.1, -0.05) is 117 Å². The zero-order valence-corrected chi connectivity index (χ0v) is 41.2. The van der Waals surface area contributed by atoms with E-state index in [1.165, 1.54) is 99.5 Å². The first-order valence-corrected chi connectivity index (χ1v) is 26.1. The molecule has 1 N–H and O–H groups in total. The maximum Gasteiger partial charge on any atom is 0.472 e. The molecule has 0 saturated heterocycles. The number of ether oxygens (including phenoxy) is 2. The van der Waals surface area contributed by atoms with Crippen LogP contribution in [0.3, 0.4) is 0 Å². The SMILES string of the molecule is CCCCCc1cc(C)c(CCCCCCCCCCCCC(=O)OC[C@H](COP(=O)(O)OCCN(C)C)OC(=O)CCCCCCCCCCc2oc(CCC)c(C)c2C)o1. The van der Waals surface area contributed by atoms with Gasteiger partial charge in [-0.05, 0) is 96.1 Å². The van der Waals surface area contributed by atoms with Gasteiger partial charge in [-0.15, -0.1) is 0 Å². The van der Waals surface area contributed by atoms with E-state index in [2.05, 4.69) is 40.7 Å². The van der Waals surface area contributed by atoms with E-state index in [-0.39, 0.29) is 32.0 Å². The molecular weight excluding hydrogens is 806 g/mol. The second-order valence-electron chi connectivity index (χ2n) is 17.8. The van der Waals surface area contributed by atoms with E-state index < -0.39 is 26.5 Å². The minimum atomic E-state index is -4.38. The Morgan fingerprint density at radius 2 is 1.11 bits per heavy atom. The number of rotatable bonds is 40. The lowest BCUT2D eigenvalue weighted by Crippen LogP contribution is -2.29. The van der Waals surface area contributed by atoms with Crippen LogP contribution in [0.5, 0.6) is 0 Å². The number of likely N-dealkylation sites (N-methyl/N-ethyl adjacent to an activating group) is 1. The fourth-order valence-corrected chi connectivity index (χ4v) is 8.43. The highest BCUT2D eigenvalue weighted by Gasteiger charge is 2.26. The lowest BCUT2D eigenvalue weighted by atomic mass is 10.0. The maximum atomic E-state index is 12.8. The summed E-state index contributed by atoms with van der Waals surface area (Å²) < 4.78 is 45.9. The van der Waals surface area contributed by atoms with Crippen LogP contribution in [0.2, 0.25) is 0 Å². The van der Waals surface area contributed by atoms with Crippen molar-refractivity contribution >= 4 is 19.8 Å². The van der Waals surface area contributed by atoms with Crippen LogP contribution >= 0.6 is 7.82 Å². The first kappa shape index (κ1) is 55.7. The van der Waals surface area contributed by atoms with E-state index in [0.717, 1.165) is 101 Å². The molecule has 2 rings (SSSR count). The van der Waals surface area contributed by atoms with Crippen LogP contribution in [0.4, 0.5) is 0 Å². The summed E-state index contributed by atoms with van der Waals surface area (Å²) in [4.78, 5) is 37.3. The number of nitrogens with zero attached hydrogens (tertiary/aromatic N) is 1. The summed E-state index contributed by atoms with van der Waals surface area (Å²) in [6.45, 7) is 10.7. The van der Waals surface area contributed by atoms with Crippen LogP contribution in [0.25, 0.3) is 0 Å². The molecule has 12 heteroatoms. The van der Waals surface area contributed by atoms with Gasteiger partial charge in [-0.25, -0.2) is 4.57 Å². The molecule has 0 saturated carbocycles. The van der Waals surface area contributed by atoms with E-state index in [1.54, 1.807) is 0 Å². The highest BCUT2D eigenvalue weighted by atomic mass is 31.2. The van der Waals surface area contributed by atoms with Gasteiger partial charge in [0.25, 0.3) is 0 Å². The van der Waals surface area contributed by atoms with E-state index in [0.29, 0.717) is 13.0 Å². The van der Waals surface area contributed by atoms with Crippen LogP contribution in [-0.4, -0.2) is 68.3 Å². The van der Waals surface area contributed by atoms with Gasteiger partial charge in [0.1, 0.15) is 29.6 Å². The molecule has 0 radical (unpaired) electrons. The molecular formula is C50H88NO10P. The van der Waals surface area contributed by atoms with Crippen molar-refractivity contribution in [1.29, 1.82) is 0 Å². The summed E-state index contributed by atoms with van der Waals surface area (Å²) in [6, 6.07) is 2.23. The molecule has 2 atom stereocenters. The Morgan fingerprint density at radius 1 is 0.613 bits per heavy atom. The first-order chi connectivity index (χ1) is 29.8. The summed E-state index contributed by atoms with van der Waals surface area (Å²) in [5.74, 6) is 3.78.